The Labute approximate surface area is 84.5 Å². The lowest BCUT2D eigenvalue weighted by molar-refractivity contribution is 0.727. The van der Waals surface area contributed by atoms with Crippen LogP contribution in [0, 0.1) is 6.92 Å². The van der Waals surface area contributed by atoms with Crippen molar-refractivity contribution in [3.05, 3.63) is 28.0 Å². The molecule has 1 heterocycles. The van der Waals surface area contributed by atoms with Crippen molar-refractivity contribution in [1.29, 1.82) is 0 Å². The van der Waals surface area contributed by atoms with Gasteiger partial charge in [-0.3, -0.25) is 0 Å². The molecule has 0 aromatic carbocycles. The molecule has 72 valence electrons. The average molecular weight is 195 g/mol. The molecule has 0 saturated carbocycles. The summed E-state index contributed by atoms with van der Waals surface area (Å²) in [5, 5.41) is 5.48. The summed E-state index contributed by atoms with van der Waals surface area (Å²) in [5.74, 6) is 0. The molecule has 1 aromatic rings. The van der Waals surface area contributed by atoms with E-state index in [1.165, 1.54) is 10.4 Å². The third kappa shape index (κ3) is 4.25. The van der Waals surface area contributed by atoms with E-state index in [-0.39, 0.29) is 0 Å². The van der Waals surface area contributed by atoms with Gasteiger partial charge in [0.2, 0.25) is 0 Å². The predicted molar refractivity (Wildman–Crippen MR) is 61.3 cm³/mol. The van der Waals surface area contributed by atoms with Crippen LogP contribution < -0.4 is 5.32 Å². The molecule has 0 aliphatic rings. The highest BCUT2D eigenvalue weighted by atomic mass is 32.1. The Morgan fingerprint density at radius 2 is 2.38 bits per heavy atom. The average Bonchev–Trinajstić information content (AvgIpc) is 2.51. The number of hydrogen-bond donors (Lipinski definition) is 1. The summed E-state index contributed by atoms with van der Waals surface area (Å²) in [6, 6.07) is 2.22. The zero-order valence-corrected chi connectivity index (χ0v) is 9.16. The van der Waals surface area contributed by atoms with E-state index in [9.17, 15) is 0 Å². The molecule has 0 aliphatic carbocycles. The SMILES string of the molecule is CCNCCC=Cc1csc(C)c1. The molecule has 1 nitrogen and oxygen atoms in total. The number of nitrogens with one attached hydrogen (secondary N) is 1. The molecule has 1 N–H and O–H groups in total. The van der Waals surface area contributed by atoms with Gasteiger partial charge in [0, 0.05) is 4.88 Å². The third-order valence-electron chi connectivity index (χ3n) is 1.80. The smallest absolute Gasteiger partial charge is 0.00203 e. The Morgan fingerprint density at radius 1 is 1.54 bits per heavy atom. The van der Waals surface area contributed by atoms with Crippen molar-refractivity contribution < 1.29 is 0 Å². The second kappa shape index (κ2) is 5.95. The molecule has 0 amide bonds. The lowest BCUT2D eigenvalue weighted by Crippen LogP contribution is -2.12. The molecule has 1 aromatic heterocycles. The number of aryl methyl sites for hydroxylation is 1. The van der Waals surface area contributed by atoms with Crippen LogP contribution in [0.2, 0.25) is 0 Å². The first kappa shape index (κ1) is 10.5. The van der Waals surface area contributed by atoms with Gasteiger partial charge in [-0.2, -0.15) is 0 Å². The van der Waals surface area contributed by atoms with E-state index in [1.807, 2.05) is 0 Å². The minimum atomic E-state index is 1.06. The second-order valence-electron chi connectivity index (χ2n) is 3.04. The van der Waals surface area contributed by atoms with Crippen molar-refractivity contribution in [3.63, 3.8) is 0 Å². The predicted octanol–water partition coefficient (Wildman–Crippen LogP) is 3.07. The second-order valence-corrected chi connectivity index (χ2v) is 4.15. The van der Waals surface area contributed by atoms with Crippen LogP contribution in [0.3, 0.4) is 0 Å². The largest absolute Gasteiger partial charge is 0.317 e. The van der Waals surface area contributed by atoms with Crippen LogP contribution in [0.4, 0.5) is 0 Å². The Kier molecular flexibility index (Phi) is 4.79. The van der Waals surface area contributed by atoms with Crippen molar-refractivity contribution in [2.45, 2.75) is 20.3 Å². The van der Waals surface area contributed by atoms with Crippen LogP contribution in [0.15, 0.2) is 17.5 Å². The summed E-state index contributed by atoms with van der Waals surface area (Å²) in [6.07, 6.45) is 5.54. The Hall–Kier alpha value is -0.600. The van der Waals surface area contributed by atoms with Crippen molar-refractivity contribution in [2.24, 2.45) is 0 Å². The minimum absolute atomic E-state index is 1.06. The van der Waals surface area contributed by atoms with Crippen molar-refractivity contribution in [2.75, 3.05) is 13.1 Å². The Balaban J connectivity index is 2.24. The van der Waals surface area contributed by atoms with Crippen LogP contribution >= 0.6 is 11.3 Å². The Bertz CT molecular complexity index is 263. The van der Waals surface area contributed by atoms with Gasteiger partial charge < -0.3 is 5.32 Å². The molecule has 1 rings (SSSR count). The number of rotatable bonds is 5. The van der Waals surface area contributed by atoms with Gasteiger partial charge in [-0.25, -0.2) is 0 Å². The Morgan fingerprint density at radius 3 is 3.00 bits per heavy atom. The molecule has 2 heteroatoms. The maximum atomic E-state index is 3.29. The van der Waals surface area contributed by atoms with E-state index in [2.05, 4.69) is 42.8 Å². The van der Waals surface area contributed by atoms with Crippen LogP contribution in [-0.2, 0) is 0 Å². The highest BCUT2D eigenvalue weighted by Gasteiger charge is 1.89. The van der Waals surface area contributed by atoms with Gasteiger partial charge >= 0.3 is 0 Å². The molecule has 0 fully saturated rings. The molecule has 13 heavy (non-hydrogen) atoms. The first-order chi connectivity index (χ1) is 6.33. The molecule has 0 spiro atoms. The van der Waals surface area contributed by atoms with Gasteiger partial charge in [-0.15, -0.1) is 11.3 Å². The van der Waals surface area contributed by atoms with Gasteiger partial charge in [0.05, 0.1) is 0 Å². The maximum absolute atomic E-state index is 3.29. The number of hydrogen-bond acceptors (Lipinski definition) is 2. The van der Waals surface area contributed by atoms with Crippen molar-refractivity contribution in [1.82, 2.24) is 5.32 Å². The zero-order chi connectivity index (χ0) is 9.52. The van der Waals surface area contributed by atoms with Gasteiger partial charge in [0.15, 0.2) is 0 Å². The first-order valence-corrected chi connectivity index (χ1v) is 5.63. The quantitative estimate of drug-likeness (QED) is 0.712. The fraction of sp³-hybridized carbons (Fsp3) is 0.455. The van der Waals surface area contributed by atoms with Crippen molar-refractivity contribution in [3.8, 4) is 0 Å². The van der Waals surface area contributed by atoms with Gasteiger partial charge in [0.25, 0.3) is 0 Å². The maximum Gasteiger partial charge on any atom is 0.00203 e. The fourth-order valence-corrected chi connectivity index (χ4v) is 1.81. The third-order valence-corrected chi connectivity index (χ3v) is 2.68. The summed E-state index contributed by atoms with van der Waals surface area (Å²) in [7, 11) is 0. The van der Waals surface area contributed by atoms with Crippen LogP contribution in [0.5, 0.6) is 0 Å². The minimum Gasteiger partial charge on any atom is -0.317 e. The lowest BCUT2D eigenvalue weighted by atomic mass is 10.2. The lowest BCUT2D eigenvalue weighted by Gasteiger charge is -1.94. The van der Waals surface area contributed by atoms with Crippen molar-refractivity contribution >= 4 is 17.4 Å². The highest BCUT2D eigenvalue weighted by molar-refractivity contribution is 7.10. The monoisotopic (exact) mass is 195 g/mol. The van der Waals surface area contributed by atoms with Gasteiger partial charge in [-0.05, 0) is 43.4 Å². The standard InChI is InChI=1S/C11H17NS/c1-3-12-7-5-4-6-11-8-10(2)13-9-11/h4,6,8-9,12H,3,5,7H2,1-2H3. The molecular weight excluding hydrogens is 178 g/mol. The van der Waals surface area contributed by atoms with Gasteiger partial charge in [-0.1, -0.05) is 19.1 Å². The molecule has 0 bridgehead atoms. The van der Waals surface area contributed by atoms with E-state index in [4.69, 9.17) is 0 Å². The van der Waals surface area contributed by atoms with Crippen LogP contribution in [-0.4, -0.2) is 13.1 Å². The molecule has 0 radical (unpaired) electrons. The summed E-state index contributed by atoms with van der Waals surface area (Å²) in [6.45, 7) is 6.41. The van der Waals surface area contributed by atoms with E-state index in [0.29, 0.717) is 0 Å². The molecule has 0 unspecified atom stereocenters. The van der Waals surface area contributed by atoms with E-state index in [0.717, 1.165) is 19.5 Å². The first-order valence-electron chi connectivity index (χ1n) is 4.75. The van der Waals surface area contributed by atoms with Crippen LogP contribution in [0.25, 0.3) is 6.08 Å². The van der Waals surface area contributed by atoms with E-state index in [1.54, 1.807) is 11.3 Å². The molecule has 0 aliphatic heterocycles. The van der Waals surface area contributed by atoms with E-state index >= 15 is 0 Å². The molecule has 0 atom stereocenters. The summed E-state index contributed by atoms with van der Waals surface area (Å²) in [4.78, 5) is 1.38. The topological polar surface area (TPSA) is 12.0 Å². The highest BCUT2D eigenvalue weighted by Crippen LogP contribution is 2.14. The summed E-state index contributed by atoms with van der Waals surface area (Å²) >= 11 is 1.81. The molecule has 0 saturated heterocycles. The summed E-state index contributed by atoms with van der Waals surface area (Å²) in [5.41, 5.74) is 1.33. The van der Waals surface area contributed by atoms with Crippen LogP contribution in [0.1, 0.15) is 23.8 Å². The van der Waals surface area contributed by atoms with Gasteiger partial charge in [0.1, 0.15) is 0 Å². The normalized spacial score (nSPS) is 11.2. The number of thiophene rings is 1. The van der Waals surface area contributed by atoms with E-state index < -0.39 is 0 Å². The summed E-state index contributed by atoms with van der Waals surface area (Å²) < 4.78 is 0. The molecular formula is C11H17NS. The zero-order valence-electron chi connectivity index (χ0n) is 8.34. The fourth-order valence-electron chi connectivity index (χ4n) is 1.13.